The molecule has 3 aliphatic rings. The average molecular weight is 182 g/mol. The van der Waals surface area contributed by atoms with Crippen molar-refractivity contribution >= 4 is 8.32 Å². The second-order valence-electron chi connectivity index (χ2n) is 4.81. The van der Waals surface area contributed by atoms with Crippen LogP contribution in [0.2, 0.25) is 17.1 Å². The lowest BCUT2D eigenvalue weighted by Gasteiger charge is -2.35. The van der Waals surface area contributed by atoms with Gasteiger partial charge in [0.15, 0.2) is 8.32 Å². The lowest BCUT2D eigenvalue weighted by Crippen LogP contribution is -2.42. The Morgan fingerprint density at radius 2 is 1.58 bits per heavy atom. The minimum Gasteiger partial charge on any atom is -0.416 e. The quantitative estimate of drug-likeness (QED) is 0.523. The molecule has 12 heavy (non-hydrogen) atoms. The van der Waals surface area contributed by atoms with Crippen LogP contribution >= 0.6 is 0 Å². The summed E-state index contributed by atoms with van der Waals surface area (Å²) in [6, 6.07) is 1.52. The molecule has 1 nitrogen and oxygen atoms in total. The van der Waals surface area contributed by atoms with Gasteiger partial charge in [-0.25, -0.2) is 0 Å². The zero-order valence-corrected chi connectivity index (χ0v) is 8.72. The van der Waals surface area contributed by atoms with Gasteiger partial charge < -0.3 is 4.43 Å². The monoisotopic (exact) mass is 182 g/mol. The minimum absolute atomic E-state index is 1.09. The van der Waals surface area contributed by atoms with E-state index in [0.29, 0.717) is 0 Å². The average Bonchev–Trinajstić information content (AvgIpc) is 2.63. The Labute approximate surface area is 75.6 Å². The van der Waals surface area contributed by atoms with Gasteiger partial charge >= 0.3 is 0 Å². The van der Waals surface area contributed by atoms with E-state index in [1.165, 1.54) is 44.6 Å². The maximum atomic E-state index is 6.25. The summed E-state index contributed by atoms with van der Waals surface area (Å²) in [6.45, 7) is 1.11. The van der Waals surface area contributed by atoms with Crippen molar-refractivity contribution in [1.29, 1.82) is 0 Å². The zero-order chi connectivity index (χ0) is 8.02. The van der Waals surface area contributed by atoms with Gasteiger partial charge in [0, 0.05) is 6.61 Å². The first-order valence-electron chi connectivity index (χ1n) is 5.56. The molecular formula is C10H18OSi. The molecular weight excluding hydrogens is 164 g/mol. The normalized spacial score (nSPS) is 52.0. The SMILES string of the molecule is C1CC[Si]2(OC1)C1CCC2CC1. The lowest BCUT2D eigenvalue weighted by molar-refractivity contribution is 0.262. The van der Waals surface area contributed by atoms with E-state index in [-0.39, 0.29) is 0 Å². The lowest BCUT2D eigenvalue weighted by atomic mass is 10.0. The molecule has 0 aromatic carbocycles. The van der Waals surface area contributed by atoms with Crippen molar-refractivity contribution < 1.29 is 4.43 Å². The van der Waals surface area contributed by atoms with Gasteiger partial charge in [-0.05, 0) is 23.5 Å². The molecule has 0 aromatic heterocycles. The van der Waals surface area contributed by atoms with Crippen molar-refractivity contribution in [3.63, 3.8) is 0 Å². The van der Waals surface area contributed by atoms with Crippen LogP contribution in [0.1, 0.15) is 38.5 Å². The Kier molecular flexibility index (Phi) is 1.63. The molecule has 0 atom stereocenters. The summed E-state index contributed by atoms with van der Waals surface area (Å²) >= 11 is 0. The van der Waals surface area contributed by atoms with Crippen LogP contribution in [0.3, 0.4) is 0 Å². The van der Waals surface area contributed by atoms with Gasteiger partial charge in [0.25, 0.3) is 0 Å². The molecule has 0 unspecified atom stereocenters. The molecule has 0 saturated carbocycles. The third kappa shape index (κ3) is 0.828. The first kappa shape index (κ1) is 7.57. The Morgan fingerprint density at radius 1 is 0.917 bits per heavy atom. The highest BCUT2D eigenvalue weighted by Crippen LogP contribution is 2.61. The highest BCUT2D eigenvalue weighted by Gasteiger charge is 2.58. The third-order valence-corrected chi connectivity index (χ3v) is 10.2. The smallest absolute Gasteiger partial charge is 0.198 e. The largest absolute Gasteiger partial charge is 0.416 e. The predicted octanol–water partition coefficient (Wildman–Crippen LogP) is 3.07. The molecule has 68 valence electrons. The van der Waals surface area contributed by atoms with E-state index >= 15 is 0 Å². The fraction of sp³-hybridized carbons (Fsp3) is 1.00. The summed E-state index contributed by atoms with van der Waals surface area (Å²) in [5.74, 6) is 0. The van der Waals surface area contributed by atoms with Crippen LogP contribution in [0.5, 0.6) is 0 Å². The summed E-state index contributed by atoms with van der Waals surface area (Å²) in [5, 5.41) is 0. The van der Waals surface area contributed by atoms with Crippen molar-refractivity contribution in [2.75, 3.05) is 6.61 Å². The number of hydrogen-bond acceptors (Lipinski definition) is 1. The number of hydrogen-bond donors (Lipinski definition) is 0. The zero-order valence-electron chi connectivity index (χ0n) is 7.72. The maximum Gasteiger partial charge on any atom is 0.198 e. The Morgan fingerprint density at radius 3 is 2.08 bits per heavy atom. The van der Waals surface area contributed by atoms with Gasteiger partial charge in [0.05, 0.1) is 0 Å². The summed E-state index contributed by atoms with van der Waals surface area (Å²) in [7, 11) is -1.12. The van der Waals surface area contributed by atoms with Gasteiger partial charge in [-0.15, -0.1) is 0 Å². The summed E-state index contributed by atoms with van der Waals surface area (Å²) < 4.78 is 6.25. The van der Waals surface area contributed by atoms with E-state index in [1.54, 1.807) is 0 Å². The Hall–Kier alpha value is 0.177. The molecule has 0 radical (unpaired) electrons. The molecule has 1 spiro atoms. The van der Waals surface area contributed by atoms with E-state index < -0.39 is 8.32 Å². The molecule has 3 saturated heterocycles. The van der Waals surface area contributed by atoms with Gasteiger partial charge in [0.1, 0.15) is 0 Å². The fourth-order valence-electron chi connectivity index (χ4n) is 3.89. The van der Waals surface area contributed by atoms with Gasteiger partial charge in [0.2, 0.25) is 0 Å². The Balaban J connectivity index is 1.88. The molecule has 3 aliphatic heterocycles. The van der Waals surface area contributed by atoms with E-state index in [9.17, 15) is 0 Å². The van der Waals surface area contributed by atoms with Crippen LogP contribution in [0, 0.1) is 0 Å². The molecule has 3 heterocycles. The van der Waals surface area contributed by atoms with Crippen molar-refractivity contribution in [2.24, 2.45) is 0 Å². The van der Waals surface area contributed by atoms with Crippen molar-refractivity contribution in [1.82, 2.24) is 0 Å². The van der Waals surface area contributed by atoms with Crippen molar-refractivity contribution in [3.8, 4) is 0 Å². The van der Waals surface area contributed by atoms with Crippen LogP contribution in [-0.2, 0) is 4.43 Å². The fourth-order valence-corrected chi connectivity index (χ4v) is 9.93. The van der Waals surface area contributed by atoms with Crippen LogP contribution in [0.15, 0.2) is 0 Å². The molecule has 0 N–H and O–H groups in total. The van der Waals surface area contributed by atoms with Crippen LogP contribution < -0.4 is 0 Å². The molecule has 0 aliphatic carbocycles. The first-order chi connectivity index (χ1) is 5.92. The molecule has 3 fully saturated rings. The van der Waals surface area contributed by atoms with Crippen LogP contribution in [0.4, 0.5) is 0 Å². The van der Waals surface area contributed by atoms with E-state index in [4.69, 9.17) is 4.43 Å². The summed E-state index contributed by atoms with van der Waals surface area (Å²) in [5.41, 5.74) is 2.17. The van der Waals surface area contributed by atoms with Gasteiger partial charge in [-0.2, -0.15) is 0 Å². The molecule has 0 amide bonds. The van der Waals surface area contributed by atoms with Gasteiger partial charge in [-0.1, -0.05) is 32.1 Å². The summed E-state index contributed by atoms with van der Waals surface area (Å²) in [4.78, 5) is 0. The van der Waals surface area contributed by atoms with E-state index in [2.05, 4.69) is 0 Å². The highest BCUT2D eigenvalue weighted by molar-refractivity contribution is 6.78. The Bertz CT molecular complexity index is 164. The minimum atomic E-state index is -1.12. The molecule has 2 heteroatoms. The molecule has 3 rings (SSSR count). The standard InChI is InChI=1S/C10H18OSi/c1-2-8-12(11-7-1)9-3-4-10(12)6-5-9/h9-10H,1-8H2. The summed E-state index contributed by atoms with van der Waals surface area (Å²) in [6.07, 6.45) is 8.93. The van der Waals surface area contributed by atoms with Crippen molar-refractivity contribution in [2.45, 2.75) is 55.7 Å². The maximum absolute atomic E-state index is 6.25. The highest BCUT2D eigenvalue weighted by atomic mass is 28.4. The van der Waals surface area contributed by atoms with E-state index in [0.717, 1.165) is 17.7 Å². The first-order valence-corrected chi connectivity index (χ1v) is 7.83. The molecule has 2 bridgehead atoms. The third-order valence-electron chi connectivity index (χ3n) is 4.44. The van der Waals surface area contributed by atoms with Crippen molar-refractivity contribution in [3.05, 3.63) is 0 Å². The van der Waals surface area contributed by atoms with Gasteiger partial charge in [-0.3, -0.25) is 0 Å². The van der Waals surface area contributed by atoms with Crippen LogP contribution in [0.25, 0.3) is 0 Å². The van der Waals surface area contributed by atoms with E-state index in [1.807, 2.05) is 0 Å². The number of rotatable bonds is 0. The molecule has 0 aromatic rings. The predicted molar refractivity (Wildman–Crippen MR) is 51.7 cm³/mol. The van der Waals surface area contributed by atoms with Crippen LogP contribution in [-0.4, -0.2) is 14.9 Å². The topological polar surface area (TPSA) is 9.23 Å². The second-order valence-corrected chi connectivity index (χ2v) is 9.14. The second kappa shape index (κ2) is 2.58.